The van der Waals surface area contributed by atoms with Crippen molar-refractivity contribution in [3.8, 4) is 10.6 Å². The zero-order chi connectivity index (χ0) is 15.4. The Kier molecular flexibility index (Phi) is 4.46. The lowest BCUT2D eigenvalue weighted by Gasteiger charge is -2.05. The first-order chi connectivity index (χ1) is 10.7. The van der Waals surface area contributed by atoms with Crippen LogP contribution >= 0.6 is 22.9 Å². The second kappa shape index (κ2) is 6.68. The van der Waals surface area contributed by atoms with Gasteiger partial charge in [0.1, 0.15) is 10.7 Å². The number of rotatable bonds is 4. The SMILES string of the molecule is O=C(NCc1ccccc1Cl)c1csc(-c2ccncc2)n1. The minimum Gasteiger partial charge on any atom is -0.347 e. The van der Waals surface area contributed by atoms with Gasteiger partial charge in [-0.05, 0) is 23.8 Å². The van der Waals surface area contributed by atoms with Crippen LogP contribution in [0.25, 0.3) is 10.6 Å². The summed E-state index contributed by atoms with van der Waals surface area (Å²) in [5.41, 5.74) is 2.23. The molecule has 0 bridgehead atoms. The molecule has 3 aromatic rings. The molecule has 0 aliphatic carbocycles. The first kappa shape index (κ1) is 14.7. The summed E-state index contributed by atoms with van der Waals surface area (Å²) < 4.78 is 0. The molecular formula is C16H12ClN3OS. The van der Waals surface area contributed by atoms with Gasteiger partial charge in [-0.2, -0.15) is 0 Å². The van der Waals surface area contributed by atoms with Crippen LogP contribution in [0.4, 0.5) is 0 Å². The maximum atomic E-state index is 12.2. The Labute approximate surface area is 136 Å². The van der Waals surface area contributed by atoms with Crippen LogP contribution in [0.1, 0.15) is 16.1 Å². The predicted molar refractivity (Wildman–Crippen MR) is 88.0 cm³/mol. The molecule has 0 unspecified atom stereocenters. The van der Waals surface area contributed by atoms with Crippen LogP contribution in [0.2, 0.25) is 5.02 Å². The van der Waals surface area contributed by atoms with Gasteiger partial charge < -0.3 is 5.32 Å². The van der Waals surface area contributed by atoms with Crippen molar-refractivity contribution in [3.63, 3.8) is 0 Å². The molecule has 1 N–H and O–H groups in total. The number of aromatic nitrogens is 2. The number of nitrogens with one attached hydrogen (secondary N) is 1. The Morgan fingerprint density at radius 2 is 1.95 bits per heavy atom. The van der Waals surface area contributed by atoms with E-state index in [0.29, 0.717) is 17.3 Å². The molecule has 0 saturated heterocycles. The van der Waals surface area contributed by atoms with Gasteiger partial charge in [0.25, 0.3) is 5.91 Å². The molecule has 22 heavy (non-hydrogen) atoms. The molecule has 0 fully saturated rings. The van der Waals surface area contributed by atoms with Crippen molar-refractivity contribution in [3.05, 3.63) is 70.5 Å². The molecule has 2 aromatic heterocycles. The molecule has 0 atom stereocenters. The van der Waals surface area contributed by atoms with Gasteiger partial charge in [0.05, 0.1) is 0 Å². The Hall–Kier alpha value is -2.24. The minimum absolute atomic E-state index is 0.212. The highest BCUT2D eigenvalue weighted by atomic mass is 35.5. The van der Waals surface area contributed by atoms with Crippen LogP contribution in [0.5, 0.6) is 0 Å². The number of carbonyl (C=O) groups excluding carboxylic acids is 1. The van der Waals surface area contributed by atoms with E-state index in [2.05, 4.69) is 15.3 Å². The average Bonchev–Trinajstić information content (AvgIpc) is 3.05. The zero-order valence-corrected chi connectivity index (χ0v) is 13.1. The van der Waals surface area contributed by atoms with Crippen molar-refractivity contribution in [1.82, 2.24) is 15.3 Å². The molecule has 2 heterocycles. The molecule has 6 heteroatoms. The highest BCUT2D eigenvalue weighted by molar-refractivity contribution is 7.13. The van der Waals surface area contributed by atoms with E-state index >= 15 is 0 Å². The fourth-order valence-electron chi connectivity index (χ4n) is 1.91. The molecule has 1 amide bonds. The Morgan fingerprint density at radius 1 is 1.18 bits per heavy atom. The van der Waals surface area contributed by atoms with Gasteiger partial charge in [-0.3, -0.25) is 9.78 Å². The van der Waals surface area contributed by atoms with Crippen molar-refractivity contribution in [1.29, 1.82) is 0 Å². The van der Waals surface area contributed by atoms with Crippen LogP contribution < -0.4 is 5.32 Å². The molecule has 0 saturated carbocycles. The number of amides is 1. The predicted octanol–water partition coefficient (Wildman–Crippen LogP) is 3.79. The third-order valence-electron chi connectivity index (χ3n) is 3.06. The molecule has 110 valence electrons. The van der Waals surface area contributed by atoms with Gasteiger partial charge in [0.15, 0.2) is 0 Å². The number of benzene rings is 1. The van der Waals surface area contributed by atoms with E-state index in [1.807, 2.05) is 30.3 Å². The molecule has 0 aliphatic heterocycles. The topological polar surface area (TPSA) is 54.9 Å². The monoisotopic (exact) mass is 329 g/mol. The second-order valence-electron chi connectivity index (χ2n) is 4.55. The zero-order valence-electron chi connectivity index (χ0n) is 11.5. The van der Waals surface area contributed by atoms with Gasteiger partial charge >= 0.3 is 0 Å². The quantitative estimate of drug-likeness (QED) is 0.792. The largest absolute Gasteiger partial charge is 0.347 e. The van der Waals surface area contributed by atoms with E-state index in [-0.39, 0.29) is 5.91 Å². The lowest BCUT2D eigenvalue weighted by Crippen LogP contribution is -2.23. The molecule has 0 radical (unpaired) electrons. The molecule has 4 nitrogen and oxygen atoms in total. The number of nitrogens with zero attached hydrogens (tertiary/aromatic N) is 2. The Balaban J connectivity index is 1.69. The lowest BCUT2D eigenvalue weighted by molar-refractivity contribution is 0.0946. The van der Waals surface area contributed by atoms with E-state index in [1.54, 1.807) is 23.8 Å². The van der Waals surface area contributed by atoms with Crippen molar-refractivity contribution >= 4 is 28.8 Å². The third kappa shape index (κ3) is 3.32. The maximum absolute atomic E-state index is 12.2. The molecule has 0 spiro atoms. The number of pyridine rings is 1. The normalized spacial score (nSPS) is 10.4. The fourth-order valence-corrected chi connectivity index (χ4v) is 2.92. The van der Waals surface area contributed by atoms with Crippen LogP contribution in [0.3, 0.4) is 0 Å². The summed E-state index contributed by atoms with van der Waals surface area (Å²) in [6.07, 6.45) is 3.40. The standard InChI is InChI=1S/C16H12ClN3OS/c17-13-4-2-1-3-12(13)9-19-15(21)14-10-22-16(20-14)11-5-7-18-8-6-11/h1-8,10H,9H2,(H,19,21). The van der Waals surface area contributed by atoms with Crippen LogP contribution in [0, 0.1) is 0 Å². The van der Waals surface area contributed by atoms with E-state index in [0.717, 1.165) is 16.1 Å². The number of hydrogen-bond acceptors (Lipinski definition) is 4. The summed E-state index contributed by atoms with van der Waals surface area (Å²) in [5, 5.41) is 6.01. The summed E-state index contributed by atoms with van der Waals surface area (Å²) in [7, 11) is 0. The van der Waals surface area contributed by atoms with Crippen LogP contribution in [-0.4, -0.2) is 15.9 Å². The Morgan fingerprint density at radius 3 is 2.73 bits per heavy atom. The number of hydrogen-bond donors (Lipinski definition) is 1. The Bertz CT molecular complexity index is 789. The lowest BCUT2D eigenvalue weighted by atomic mass is 10.2. The summed E-state index contributed by atoms with van der Waals surface area (Å²) in [4.78, 5) is 20.5. The number of thiazole rings is 1. The smallest absolute Gasteiger partial charge is 0.271 e. The highest BCUT2D eigenvalue weighted by Crippen LogP contribution is 2.23. The van der Waals surface area contributed by atoms with Crippen molar-refractivity contribution in [2.45, 2.75) is 6.54 Å². The van der Waals surface area contributed by atoms with Crippen molar-refractivity contribution in [2.75, 3.05) is 0 Å². The van der Waals surface area contributed by atoms with Crippen molar-refractivity contribution < 1.29 is 4.79 Å². The van der Waals surface area contributed by atoms with Gasteiger partial charge in [0, 0.05) is 34.9 Å². The molecule has 3 rings (SSSR count). The van der Waals surface area contributed by atoms with Crippen LogP contribution in [-0.2, 0) is 6.54 Å². The maximum Gasteiger partial charge on any atom is 0.271 e. The molecule has 1 aromatic carbocycles. The van der Waals surface area contributed by atoms with Crippen LogP contribution in [0.15, 0.2) is 54.2 Å². The van der Waals surface area contributed by atoms with Crippen molar-refractivity contribution in [2.24, 2.45) is 0 Å². The number of halogens is 1. The summed E-state index contributed by atoms with van der Waals surface area (Å²) >= 11 is 7.50. The van der Waals surface area contributed by atoms with E-state index in [1.165, 1.54) is 11.3 Å². The first-order valence-corrected chi connectivity index (χ1v) is 7.87. The summed E-state index contributed by atoms with van der Waals surface area (Å²) in [6, 6.07) is 11.2. The molecular weight excluding hydrogens is 318 g/mol. The van der Waals surface area contributed by atoms with E-state index in [9.17, 15) is 4.79 Å². The summed E-state index contributed by atoms with van der Waals surface area (Å²) in [6.45, 7) is 0.376. The highest BCUT2D eigenvalue weighted by Gasteiger charge is 2.12. The molecule has 0 aliphatic rings. The van der Waals surface area contributed by atoms with Gasteiger partial charge in [-0.1, -0.05) is 29.8 Å². The van der Waals surface area contributed by atoms with E-state index in [4.69, 9.17) is 11.6 Å². The van der Waals surface area contributed by atoms with Gasteiger partial charge in [-0.15, -0.1) is 11.3 Å². The third-order valence-corrected chi connectivity index (χ3v) is 4.32. The van der Waals surface area contributed by atoms with Gasteiger partial charge in [-0.25, -0.2) is 4.98 Å². The average molecular weight is 330 g/mol. The van der Waals surface area contributed by atoms with Gasteiger partial charge in [0.2, 0.25) is 0 Å². The summed E-state index contributed by atoms with van der Waals surface area (Å²) in [5.74, 6) is -0.212. The van der Waals surface area contributed by atoms with E-state index < -0.39 is 0 Å². The second-order valence-corrected chi connectivity index (χ2v) is 5.81. The fraction of sp³-hybridized carbons (Fsp3) is 0.0625. The number of carbonyl (C=O) groups is 1. The minimum atomic E-state index is -0.212. The first-order valence-electron chi connectivity index (χ1n) is 6.61.